The predicted octanol–water partition coefficient (Wildman–Crippen LogP) is 2.25. The Morgan fingerprint density at radius 3 is 2.56 bits per heavy atom. The zero-order chi connectivity index (χ0) is 18.4. The lowest BCUT2D eigenvalue weighted by Crippen LogP contribution is -2.49. The Bertz CT molecular complexity index is 822. The third kappa shape index (κ3) is 5.03. The van der Waals surface area contributed by atoms with E-state index in [0.717, 1.165) is 11.8 Å². The lowest BCUT2D eigenvalue weighted by molar-refractivity contribution is -0.122. The first-order valence-electron chi connectivity index (χ1n) is 8.06. The van der Waals surface area contributed by atoms with Crippen LogP contribution in [0.3, 0.4) is 0 Å². The number of nitrogens with zero attached hydrogens (tertiary/aromatic N) is 2. The fourth-order valence-electron chi connectivity index (χ4n) is 2.62. The largest absolute Gasteiger partial charge is 0.349 e. The summed E-state index contributed by atoms with van der Waals surface area (Å²) >= 11 is 0. The molecule has 0 radical (unpaired) electrons. The van der Waals surface area contributed by atoms with Gasteiger partial charge in [0.15, 0.2) is 0 Å². The van der Waals surface area contributed by atoms with Gasteiger partial charge in [0.05, 0.1) is 24.2 Å². The molecule has 1 amide bonds. The van der Waals surface area contributed by atoms with Crippen molar-refractivity contribution in [2.24, 2.45) is 0 Å². The monoisotopic (exact) mass is 361 g/mol. The average molecular weight is 361 g/mol. The van der Waals surface area contributed by atoms with E-state index in [-0.39, 0.29) is 12.5 Å². The molecular formula is C18H23N3O3S. The number of hydrogen-bond donors (Lipinski definition) is 1. The number of carbonyl (C=O) groups excluding carboxylic acids is 1. The normalized spacial score (nSPS) is 12.4. The number of nitrogens with one attached hydrogen (secondary N) is 1. The van der Waals surface area contributed by atoms with Crippen molar-refractivity contribution in [3.63, 3.8) is 0 Å². The zero-order valence-corrected chi connectivity index (χ0v) is 15.5. The molecule has 0 saturated carbocycles. The van der Waals surface area contributed by atoms with E-state index in [0.29, 0.717) is 17.8 Å². The number of sulfonamides is 1. The van der Waals surface area contributed by atoms with Crippen molar-refractivity contribution in [3.8, 4) is 0 Å². The predicted molar refractivity (Wildman–Crippen MR) is 98.7 cm³/mol. The maximum absolute atomic E-state index is 12.6. The van der Waals surface area contributed by atoms with Gasteiger partial charge in [0, 0.05) is 6.20 Å². The first-order valence-corrected chi connectivity index (χ1v) is 9.91. The van der Waals surface area contributed by atoms with Crippen molar-refractivity contribution < 1.29 is 13.2 Å². The van der Waals surface area contributed by atoms with Crippen molar-refractivity contribution in [2.75, 3.05) is 10.6 Å². The van der Waals surface area contributed by atoms with Gasteiger partial charge in [0.1, 0.15) is 6.04 Å². The van der Waals surface area contributed by atoms with E-state index in [1.165, 1.54) is 4.31 Å². The number of amides is 1. The molecule has 0 aliphatic heterocycles. The average Bonchev–Trinajstić information content (AvgIpc) is 2.57. The highest BCUT2D eigenvalue weighted by Gasteiger charge is 2.31. The summed E-state index contributed by atoms with van der Waals surface area (Å²) in [6, 6.07) is 11.7. The van der Waals surface area contributed by atoms with Gasteiger partial charge in [-0.3, -0.25) is 14.1 Å². The summed E-state index contributed by atoms with van der Waals surface area (Å²) in [6.07, 6.45) is 3.12. The van der Waals surface area contributed by atoms with E-state index >= 15 is 0 Å². The highest BCUT2D eigenvalue weighted by molar-refractivity contribution is 7.92. The maximum atomic E-state index is 12.6. The Hall–Kier alpha value is -2.41. The molecule has 0 spiro atoms. The number of benzene rings is 1. The van der Waals surface area contributed by atoms with Crippen molar-refractivity contribution in [3.05, 3.63) is 59.9 Å². The first kappa shape index (κ1) is 18.9. The maximum Gasteiger partial charge on any atom is 0.244 e. The van der Waals surface area contributed by atoms with Crippen LogP contribution in [0, 0.1) is 6.92 Å². The molecule has 7 heteroatoms. The van der Waals surface area contributed by atoms with E-state index in [1.807, 2.05) is 19.1 Å². The molecule has 0 bridgehead atoms. The van der Waals surface area contributed by atoms with Crippen molar-refractivity contribution in [1.29, 1.82) is 0 Å². The fourth-order valence-corrected chi connectivity index (χ4v) is 3.83. The summed E-state index contributed by atoms with van der Waals surface area (Å²) in [5, 5.41) is 2.78. The van der Waals surface area contributed by atoms with Crippen molar-refractivity contribution in [2.45, 2.75) is 32.9 Å². The Morgan fingerprint density at radius 2 is 2.00 bits per heavy atom. The van der Waals surface area contributed by atoms with Gasteiger partial charge in [-0.1, -0.05) is 25.1 Å². The van der Waals surface area contributed by atoms with Crippen LogP contribution in [0.25, 0.3) is 0 Å². The number of hydrogen-bond acceptors (Lipinski definition) is 4. The Labute approximate surface area is 148 Å². The molecule has 0 aliphatic rings. The molecule has 1 unspecified atom stereocenters. The van der Waals surface area contributed by atoms with Crippen LogP contribution in [0.15, 0.2) is 48.7 Å². The summed E-state index contributed by atoms with van der Waals surface area (Å²) in [7, 11) is -3.62. The molecule has 2 aromatic rings. The van der Waals surface area contributed by atoms with E-state index < -0.39 is 16.1 Å². The quantitative estimate of drug-likeness (QED) is 0.820. The number of rotatable bonds is 7. The molecule has 1 N–H and O–H groups in total. The molecule has 6 nitrogen and oxygen atoms in total. The topological polar surface area (TPSA) is 79.4 Å². The molecule has 1 atom stereocenters. The number of anilines is 1. The number of aromatic nitrogens is 1. The van der Waals surface area contributed by atoms with Crippen molar-refractivity contribution in [1.82, 2.24) is 10.3 Å². The Kier molecular flexibility index (Phi) is 6.14. The molecule has 1 aromatic carbocycles. The first-order chi connectivity index (χ1) is 11.8. The number of pyridine rings is 1. The van der Waals surface area contributed by atoms with Gasteiger partial charge in [0.2, 0.25) is 15.9 Å². The van der Waals surface area contributed by atoms with Crippen LogP contribution >= 0.6 is 0 Å². The number of aryl methyl sites for hydroxylation is 1. The highest BCUT2D eigenvalue weighted by Crippen LogP contribution is 2.23. The molecule has 0 aliphatic carbocycles. The van der Waals surface area contributed by atoms with Gasteiger partial charge >= 0.3 is 0 Å². The number of carbonyl (C=O) groups is 1. The SMILES string of the molecule is CCC(C(=O)NCc1ccccn1)N(c1cccc(C)c1)S(C)(=O)=O. The summed E-state index contributed by atoms with van der Waals surface area (Å²) in [4.78, 5) is 16.8. The third-order valence-corrected chi connectivity index (χ3v) is 4.94. The summed E-state index contributed by atoms with van der Waals surface area (Å²) in [6.45, 7) is 3.92. The lowest BCUT2D eigenvalue weighted by Gasteiger charge is -2.30. The highest BCUT2D eigenvalue weighted by atomic mass is 32.2. The van der Waals surface area contributed by atoms with E-state index in [2.05, 4.69) is 10.3 Å². The summed E-state index contributed by atoms with van der Waals surface area (Å²) in [5.74, 6) is -0.347. The van der Waals surface area contributed by atoms with Gasteiger partial charge in [-0.05, 0) is 43.2 Å². The minimum absolute atomic E-state index is 0.252. The molecule has 2 rings (SSSR count). The van der Waals surface area contributed by atoms with Gasteiger partial charge in [0.25, 0.3) is 0 Å². The molecule has 134 valence electrons. The van der Waals surface area contributed by atoms with Gasteiger partial charge in [-0.15, -0.1) is 0 Å². The minimum atomic E-state index is -3.62. The van der Waals surface area contributed by atoms with E-state index in [4.69, 9.17) is 0 Å². The van der Waals surface area contributed by atoms with Gasteiger partial charge < -0.3 is 5.32 Å². The van der Waals surface area contributed by atoms with Crippen LogP contribution < -0.4 is 9.62 Å². The van der Waals surface area contributed by atoms with Crippen LogP contribution in [0.1, 0.15) is 24.6 Å². The van der Waals surface area contributed by atoms with Crippen LogP contribution in [0.2, 0.25) is 0 Å². The minimum Gasteiger partial charge on any atom is -0.349 e. The van der Waals surface area contributed by atoms with E-state index in [9.17, 15) is 13.2 Å². The molecule has 1 aromatic heterocycles. The lowest BCUT2D eigenvalue weighted by atomic mass is 10.1. The molecular weight excluding hydrogens is 338 g/mol. The molecule has 25 heavy (non-hydrogen) atoms. The zero-order valence-electron chi connectivity index (χ0n) is 14.6. The molecule has 0 fully saturated rings. The van der Waals surface area contributed by atoms with Crippen LogP contribution in [0.4, 0.5) is 5.69 Å². The second-order valence-electron chi connectivity index (χ2n) is 5.86. The molecule has 0 saturated heterocycles. The van der Waals surface area contributed by atoms with Crippen LogP contribution in [-0.2, 0) is 21.4 Å². The second kappa shape index (κ2) is 8.11. The van der Waals surface area contributed by atoms with Gasteiger partial charge in [-0.25, -0.2) is 8.42 Å². The standard InChI is InChI=1S/C18H23N3O3S/c1-4-17(18(22)20-13-15-9-5-6-11-19-15)21(25(3,23)24)16-10-7-8-14(2)12-16/h5-12,17H,4,13H2,1-3H3,(H,20,22). The Balaban J connectivity index is 2.25. The fraction of sp³-hybridized carbons (Fsp3) is 0.333. The van der Waals surface area contributed by atoms with Crippen LogP contribution in [-0.4, -0.2) is 31.6 Å². The van der Waals surface area contributed by atoms with Gasteiger partial charge in [-0.2, -0.15) is 0 Å². The smallest absolute Gasteiger partial charge is 0.244 e. The third-order valence-electron chi connectivity index (χ3n) is 3.76. The Morgan fingerprint density at radius 1 is 1.24 bits per heavy atom. The molecule has 1 heterocycles. The second-order valence-corrected chi connectivity index (χ2v) is 7.72. The summed E-state index contributed by atoms with van der Waals surface area (Å²) < 4.78 is 25.9. The van der Waals surface area contributed by atoms with Crippen LogP contribution in [0.5, 0.6) is 0 Å². The summed E-state index contributed by atoms with van der Waals surface area (Å²) in [5.41, 5.74) is 2.13. The van der Waals surface area contributed by atoms with Crippen molar-refractivity contribution >= 4 is 21.6 Å². The van der Waals surface area contributed by atoms with E-state index in [1.54, 1.807) is 43.5 Å².